The fraction of sp³-hybridized carbons (Fsp3) is 0.727. The van der Waals surface area contributed by atoms with E-state index in [0.717, 1.165) is 17.4 Å². The normalized spacial score (nSPS) is 27.9. The highest BCUT2D eigenvalue weighted by atomic mass is 15.1. The van der Waals surface area contributed by atoms with Crippen LogP contribution in [0, 0.1) is 5.92 Å². The number of hydrogen-bond acceptors (Lipinski definition) is 2. The summed E-state index contributed by atoms with van der Waals surface area (Å²) in [5.74, 6) is 2.34. The third kappa shape index (κ3) is 1.63. The smallest absolute Gasteiger partial charge is 0.126 e. The zero-order valence-electron chi connectivity index (χ0n) is 9.03. The highest BCUT2D eigenvalue weighted by Crippen LogP contribution is 2.36. The van der Waals surface area contributed by atoms with Crippen molar-refractivity contribution in [3.8, 4) is 0 Å². The van der Waals surface area contributed by atoms with Crippen molar-refractivity contribution >= 4 is 5.82 Å². The van der Waals surface area contributed by atoms with Crippen molar-refractivity contribution in [2.75, 3.05) is 5.73 Å². The maximum Gasteiger partial charge on any atom is 0.126 e. The second-order valence-electron chi connectivity index (χ2n) is 4.58. The molecular formula is C11H19N3. The van der Waals surface area contributed by atoms with Gasteiger partial charge in [0, 0.05) is 13.0 Å². The van der Waals surface area contributed by atoms with Gasteiger partial charge in [-0.25, -0.2) is 4.98 Å². The van der Waals surface area contributed by atoms with Gasteiger partial charge in [0.15, 0.2) is 0 Å². The minimum absolute atomic E-state index is 0.604. The molecule has 2 rings (SSSR count). The SMILES string of the molecule is CC1CCC(c2ncn(C)c2N)CC1. The second kappa shape index (κ2) is 3.64. The van der Waals surface area contributed by atoms with E-state index in [4.69, 9.17) is 5.73 Å². The molecule has 1 heterocycles. The molecule has 3 heteroatoms. The van der Waals surface area contributed by atoms with E-state index >= 15 is 0 Å². The summed E-state index contributed by atoms with van der Waals surface area (Å²) >= 11 is 0. The van der Waals surface area contributed by atoms with Crippen molar-refractivity contribution < 1.29 is 0 Å². The first kappa shape index (κ1) is 9.56. The number of nitrogen functional groups attached to an aromatic ring is 1. The van der Waals surface area contributed by atoms with Gasteiger partial charge in [0.05, 0.1) is 12.0 Å². The summed E-state index contributed by atoms with van der Waals surface area (Å²) < 4.78 is 1.91. The highest BCUT2D eigenvalue weighted by Gasteiger charge is 2.23. The standard InChI is InChI=1S/C11H19N3/c1-8-3-5-9(6-4-8)10-11(12)14(2)7-13-10/h7-9H,3-6,12H2,1-2H3. The Morgan fingerprint density at radius 1 is 1.36 bits per heavy atom. The van der Waals surface area contributed by atoms with Crippen molar-refractivity contribution in [3.05, 3.63) is 12.0 Å². The van der Waals surface area contributed by atoms with E-state index in [9.17, 15) is 0 Å². The Balaban J connectivity index is 2.12. The number of rotatable bonds is 1. The van der Waals surface area contributed by atoms with Crippen LogP contribution in [0.4, 0.5) is 5.82 Å². The van der Waals surface area contributed by atoms with E-state index in [0.29, 0.717) is 5.92 Å². The van der Waals surface area contributed by atoms with Gasteiger partial charge in [-0.05, 0) is 18.8 Å². The van der Waals surface area contributed by atoms with Gasteiger partial charge in [-0.3, -0.25) is 0 Å². The topological polar surface area (TPSA) is 43.8 Å². The molecule has 1 aromatic rings. The Bertz CT molecular complexity index is 308. The van der Waals surface area contributed by atoms with Crippen LogP contribution >= 0.6 is 0 Å². The molecule has 0 radical (unpaired) electrons. The molecule has 1 aliphatic carbocycles. The molecule has 0 saturated heterocycles. The third-order valence-corrected chi connectivity index (χ3v) is 3.42. The van der Waals surface area contributed by atoms with E-state index in [2.05, 4.69) is 11.9 Å². The number of nitrogens with zero attached hydrogens (tertiary/aromatic N) is 2. The molecule has 0 amide bonds. The first-order valence-corrected chi connectivity index (χ1v) is 5.45. The third-order valence-electron chi connectivity index (χ3n) is 3.42. The van der Waals surface area contributed by atoms with Crippen molar-refractivity contribution in [3.63, 3.8) is 0 Å². The van der Waals surface area contributed by atoms with Crippen LogP contribution in [-0.4, -0.2) is 9.55 Å². The predicted molar refractivity (Wildman–Crippen MR) is 58.0 cm³/mol. The predicted octanol–water partition coefficient (Wildman–Crippen LogP) is 2.30. The highest BCUT2D eigenvalue weighted by molar-refractivity contribution is 5.38. The lowest BCUT2D eigenvalue weighted by Gasteiger charge is -2.25. The molecule has 2 N–H and O–H groups in total. The second-order valence-corrected chi connectivity index (χ2v) is 4.58. The van der Waals surface area contributed by atoms with Crippen LogP contribution in [0.1, 0.15) is 44.2 Å². The Morgan fingerprint density at radius 3 is 2.50 bits per heavy atom. The Labute approximate surface area is 85.3 Å². The summed E-state index contributed by atoms with van der Waals surface area (Å²) in [7, 11) is 1.96. The minimum Gasteiger partial charge on any atom is -0.384 e. The molecule has 1 aliphatic rings. The van der Waals surface area contributed by atoms with Crippen LogP contribution in [0.2, 0.25) is 0 Å². The largest absolute Gasteiger partial charge is 0.384 e. The lowest BCUT2D eigenvalue weighted by atomic mass is 9.81. The molecule has 0 bridgehead atoms. The van der Waals surface area contributed by atoms with Crippen molar-refractivity contribution in [1.29, 1.82) is 0 Å². The molecule has 0 spiro atoms. The van der Waals surface area contributed by atoms with Crippen LogP contribution < -0.4 is 5.73 Å². The van der Waals surface area contributed by atoms with Crippen LogP contribution in [0.3, 0.4) is 0 Å². The average Bonchev–Trinajstić information content (AvgIpc) is 2.50. The molecule has 0 unspecified atom stereocenters. The van der Waals surface area contributed by atoms with Crippen LogP contribution in [-0.2, 0) is 7.05 Å². The summed E-state index contributed by atoms with van der Waals surface area (Å²) in [4.78, 5) is 4.40. The van der Waals surface area contributed by atoms with Crippen molar-refractivity contribution in [1.82, 2.24) is 9.55 Å². The van der Waals surface area contributed by atoms with Crippen LogP contribution in [0.25, 0.3) is 0 Å². The quantitative estimate of drug-likeness (QED) is 0.743. The van der Waals surface area contributed by atoms with E-state index in [1.807, 2.05) is 17.9 Å². The molecule has 0 atom stereocenters. The first-order chi connectivity index (χ1) is 6.68. The number of aromatic nitrogens is 2. The van der Waals surface area contributed by atoms with Gasteiger partial charge < -0.3 is 10.3 Å². The minimum atomic E-state index is 0.604. The number of imidazole rings is 1. The van der Waals surface area contributed by atoms with E-state index < -0.39 is 0 Å². The Morgan fingerprint density at radius 2 is 2.00 bits per heavy atom. The molecule has 1 aromatic heterocycles. The average molecular weight is 193 g/mol. The molecule has 1 fully saturated rings. The Kier molecular flexibility index (Phi) is 2.48. The first-order valence-electron chi connectivity index (χ1n) is 5.45. The number of aryl methyl sites for hydroxylation is 1. The number of nitrogens with two attached hydrogens (primary N) is 1. The molecule has 3 nitrogen and oxygen atoms in total. The summed E-state index contributed by atoms with van der Waals surface area (Å²) in [6.07, 6.45) is 6.97. The van der Waals surface area contributed by atoms with Crippen molar-refractivity contribution in [2.45, 2.75) is 38.5 Å². The molecule has 78 valence electrons. The van der Waals surface area contributed by atoms with Crippen LogP contribution in [0.15, 0.2) is 6.33 Å². The van der Waals surface area contributed by atoms with Crippen molar-refractivity contribution in [2.24, 2.45) is 13.0 Å². The molecule has 1 saturated carbocycles. The van der Waals surface area contributed by atoms with E-state index in [1.165, 1.54) is 25.7 Å². The zero-order chi connectivity index (χ0) is 10.1. The maximum atomic E-state index is 5.97. The number of hydrogen-bond donors (Lipinski definition) is 1. The maximum absolute atomic E-state index is 5.97. The van der Waals surface area contributed by atoms with E-state index in [-0.39, 0.29) is 0 Å². The van der Waals surface area contributed by atoms with Crippen LogP contribution in [0.5, 0.6) is 0 Å². The van der Waals surface area contributed by atoms with Gasteiger partial charge in [-0.1, -0.05) is 19.8 Å². The van der Waals surface area contributed by atoms with Gasteiger partial charge in [0.1, 0.15) is 5.82 Å². The summed E-state index contributed by atoms with van der Waals surface area (Å²) in [5, 5.41) is 0. The lowest BCUT2D eigenvalue weighted by molar-refractivity contribution is 0.345. The fourth-order valence-electron chi connectivity index (χ4n) is 2.31. The lowest BCUT2D eigenvalue weighted by Crippen LogP contribution is -2.12. The molecular weight excluding hydrogens is 174 g/mol. The molecule has 0 aromatic carbocycles. The van der Waals surface area contributed by atoms with Gasteiger partial charge in [0.2, 0.25) is 0 Å². The fourth-order valence-corrected chi connectivity index (χ4v) is 2.31. The van der Waals surface area contributed by atoms with Gasteiger partial charge >= 0.3 is 0 Å². The monoisotopic (exact) mass is 193 g/mol. The summed E-state index contributed by atoms with van der Waals surface area (Å²) in [5.41, 5.74) is 7.09. The molecule has 14 heavy (non-hydrogen) atoms. The summed E-state index contributed by atoms with van der Waals surface area (Å²) in [6.45, 7) is 2.33. The summed E-state index contributed by atoms with van der Waals surface area (Å²) in [6, 6.07) is 0. The number of anilines is 1. The zero-order valence-corrected chi connectivity index (χ0v) is 9.03. The van der Waals surface area contributed by atoms with Gasteiger partial charge in [0.25, 0.3) is 0 Å². The van der Waals surface area contributed by atoms with Gasteiger partial charge in [-0.2, -0.15) is 0 Å². The molecule has 0 aliphatic heterocycles. The van der Waals surface area contributed by atoms with Gasteiger partial charge in [-0.15, -0.1) is 0 Å². The Hall–Kier alpha value is -0.990. The van der Waals surface area contributed by atoms with E-state index in [1.54, 1.807) is 0 Å².